The van der Waals surface area contributed by atoms with E-state index in [1.54, 1.807) is 54.6 Å². The minimum atomic E-state index is -4.64. The number of primary amides is 1. The van der Waals surface area contributed by atoms with E-state index in [-0.39, 0.29) is 28.0 Å². The first kappa shape index (κ1) is 28.1. The SMILES string of the molecule is COC(Oc1ccc(-c2c3cccc(C(F)(F)F)c3nn2Cc2ccc(Cl)cc2F)cc1)c1cccc(C(N)=O)c1. The monoisotopic (exact) mass is 583 g/mol. The Morgan fingerprint density at radius 1 is 1.02 bits per heavy atom. The number of aromatic nitrogens is 2. The molecule has 6 nitrogen and oxygen atoms in total. The highest BCUT2D eigenvalue weighted by Crippen LogP contribution is 2.39. The van der Waals surface area contributed by atoms with Crippen LogP contribution < -0.4 is 10.5 Å². The highest BCUT2D eigenvalue weighted by molar-refractivity contribution is 6.30. The van der Waals surface area contributed by atoms with Crippen molar-refractivity contribution in [3.63, 3.8) is 0 Å². The fourth-order valence-electron chi connectivity index (χ4n) is 4.52. The Morgan fingerprint density at radius 2 is 1.76 bits per heavy atom. The first-order valence-corrected chi connectivity index (χ1v) is 12.6. The second kappa shape index (κ2) is 11.2. The first-order valence-electron chi connectivity index (χ1n) is 12.3. The molecule has 1 heterocycles. The van der Waals surface area contributed by atoms with Crippen LogP contribution >= 0.6 is 11.6 Å². The third-order valence-electron chi connectivity index (χ3n) is 6.44. The summed E-state index contributed by atoms with van der Waals surface area (Å²) in [5.41, 5.74) is 6.17. The molecule has 41 heavy (non-hydrogen) atoms. The number of nitrogens with two attached hydrogens (primary N) is 1. The average molecular weight is 584 g/mol. The van der Waals surface area contributed by atoms with E-state index < -0.39 is 29.8 Å². The number of hydrogen-bond donors (Lipinski definition) is 1. The lowest BCUT2D eigenvalue weighted by atomic mass is 10.0. The molecule has 0 aliphatic carbocycles. The number of carbonyl (C=O) groups is 1. The van der Waals surface area contributed by atoms with Gasteiger partial charge in [0, 0.05) is 39.8 Å². The lowest BCUT2D eigenvalue weighted by Crippen LogP contribution is -2.14. The van der Waals surface area contributed by atoms with Gasteiger partial charge in [0.2, 0.25) is 12.2 Å². The molecular formula is C30H22ClF4N3O3. The number of amides is 1. The molecule has 0 saturated heterocycles. The normalized spacial score (nSPS) is 12.4. The Morgan fingerprint density at radius 3 is 2.41 bits per heavy atom. The Labute approximate surface area is 236 Å². The van der Waals surface area contributed by atoms with Crippen LogP contribution in [0.4, 0.5) is 17.6 Å². The number of fused-ring (bicyclic) bond motifs is 1. The van der Waals surface area contributed by atoms with Crippen LogP contribution in [0.2, 0.25) is 5.02 Å². The number of halogens is 5. The summed E-state index contributed by atoms with van der Waals surface area (Å²) in [6.07, 6.45) is -5.51. The van der Waals surface area contributed by atoms with E-state index >= 15 is 0 Å². The van der Waals surface area contributed by atoms with Crippen molar-refractivity contribution in [1.82, 2.24) is 9.78 Å². The molecule has 0 aliphatic rings. The zero-order chi connectivity index (χ0) is 29.3. The minimum absolute atomic E-state index is 0.134. The van der Waals surface area contributed by atoms with Gasteiger partial charge in [-0.1, -0.05) is 41.9 Å². The molecule has 5 rings (SSSR count). The predicted octanol–water partition coefficient (Wildman–Crippen LogP) is 7.39. The van der Waals surface area contributed by atoms with Gasteiger partial charge in [-0.25, -0.2) is 4.39 Å². The largest absolute Gasteiger partial charge is 0.461 e. The van der Waals surface area contributed by atoms with E-state index in [9.17, 15) is 22.4 Å². The van der Waals surface area contributed by atoms with Crippen LogP contribution in [-0.2, 0) is 17.5 Å². The van der Waals surface area contributed by atoms with E-state index in [0.29, 0.717) is 28.1 Å². The Bertz CT molecular complexity index is 1740. The number of carbonyl (C=O) groups excluding carboxylic acids is 1. The van der Waals surface area contributed by atoms with Crippen LogP contribution in [0.1, 0.15) is 33.3 Å². The molecule has 0 aliphatic heterocycles. The lowest BCUT2D eigenvalue weighted by Gasteiger charge is -2.18. The van der Waals surface area contributed by atoms with E-state index in [1.165, 1.54) is 30.0 Å². The molecule has 0 radical (unpaired) electrons. The highest BCUT2D eigenvalue weighted by Gasteiger charge is 2.34. The number of hydrogen-bond acceptors (Lipinski definition) is 4. The molecule has 11 heteroatoms. The van der Waals surface area contributed by atoms with Crippen LogP contribution in [0, 0.1) is 5.82 Å². The zero-order valence-electron chi connectivity index (χ0n) is 21.5. The Balaban J connectivity index is 1.54. The van der Waals surface area contributed by atoms with Crippen molar-refractivity contribution in [3.8, 4) is 17.0 Å². The molecule has 0 bridgehead atoms. The Kier molecular flexibility index (Phi) is 7.70. The van der Waals surface area contributed by atoms with E-state index in [1.807, 2.05) is 0 Å². The van der Waals surface area contributed by atoms with Crippen LogP contribution in [0.5, 0.6) is 5.75 Å². The minimum Gasteiger partial charge on any atom is -0.461 e. The highest BCUT2D eigenvalue weighted by atomic mass is 35.5. The maximum atomic E-state index is 14.7. The van der Waals surface area contributed by atoms with Crippen LogP contribution in [0.15, 0.2) is 84.9 Å². The predicted molar refractivity (Wildman–Crippen MR) is 146 cm³/mol. The number of ether oxygens (including phenoxy) is 2. The van der Waals surface area contributed by atoms with Crippen LogP contribution in [0.3, 0.4) is 0 Å². The molecule has 0 spiro atoms. The number of methoxy groups -OCH3 is 1. The summed E-state index contributed by atoms with van der Waals surface area (Å²) in [7, 11) is 1.44. The van der Waals surface area contributed by atoms with Crippen molar-refractivity contribution in [1.29, 1.82) is 0 Å². The standard InChI is InChI=1S/C30H22ClF4N3O3/c1-40-29(19-5-2-4-18(14-19)28(36)39)41-22-12-9-17(10-13-22)27-23-6-3-7-24(30(33,34)35)26(23)37-38(27)16-20-8-11-21(31)15-25(20)32/h2-15,29H,16H2,1H3,(H2,36,39). The van der Waals surface area contributed by atoms with Crippen LogP contribution in [-0.4, -0.2) is 22.8 Å². The summed E-state index contributed by atoms with van der Waals surface area (Å²) >= 11 is 5.88. The molecule has 1 atom stereocenters. The summed E-state index contributed by atoms with van der Waals surface area (Å²) in [5.74, 6) is -0.809. The topological polar surface area (TPSA) is 79.4 Å². The fraction of sp³-hybridized carbons (Fsp3) is 0.133. The number of alkyl halides is 3. The first-order chi connectivity index (χ1) is 19.5. The zero-order valence-corrected chi connectivity index (χ0v) is 22.2. The molecule has 2 N–H and O–H groups in total. The van der Waals surface area contributed by atoms with Crippen molar-refractivity contribution < 1.29 is 31.8 Å². The van der Waals surface area contributed by atoms with Crippen molar-refractivity contribution in [2.45, 2.75) is 19.0 Å². The van der Waals surface area contributed by atoms with Gasteiger partial charge in [0.1, 0.15) is 17.1 Å². The van der Waals surface area contributed by atoms with Crippen molar-refractivity contribution in [2.24, 2.45) is 5.73 Å². The van der Waals surface area contributed by atoms with Gasteiger partial charge in [-0.3, -0.25) is 9.48 Å². The maximum Gasteiger partial charge on any atom is 0.418 e. The third kappa shape index (κ3) is 5.89. The molecule has 5 aromatic rings. The van der Waals surface area contributed by atoms with E-state index in [4.69, 9.17) is 26.8 Å². The van der Waals surface area contributed by atoms with Gasteiger partial charge in [-0.2, -0.15) is 18.3 Å². The summed E-state index contributed by atoms with van der Waals surface area (Å²) in [6.45, 7) is -0.134. The van der Waals surface area contributed by atoms with Gasteiger partial charge in [0.05, 0.1) is 17.8 Å². The molecular weight excluding hydrogens is 562 g/mol. The maximum absolute atomic E-state index is 14.7. The molecule has 4 aromatic carbocycles. The molecule has 0 saturated carbocycles. The molecule has 0 fully saturated rings. The van der Waals surface area contributed by atoms with Gasteiger partial charge in [0.25, 0.3) is 0 Å². The second-order valence-electron chi connectivity index (χ2n) is 9.14. The van der Waals surface area contributed by atoms with Gasteiger partial charge in [-0.05, 0) is 54.6 Å². The van der Waals surface area contributed by atoms with Gasteiger partial charge >= 0.3 is 6.18 Å². The summed E-state index contributed by atoms with van der Waals surface area (Å²) in [4.78, 5) is 11.6. The Hall–Kier alpha value is -4.41. The smallest absolute Gasteiger partial charge is 0.418 e. The van der Waals surface area contributed by atoms with E-state index in [2.05, 4.69) is 5.10 Å². The lowest BCUT2D eigenvalue weighted by molar-refractivity contribution is -0.136. The molecule has 1 unspecified atom stereocenters. The quantitative estimate of drug-likeness (QED) is 0.153. The van der Waals surface area contributed by atoms with Gasteiger partial charge in [0.15, 0.2) is 0 Å². The van der Waals surface area contributed by atoms with Gasteiger partial charge < -0.3 is 15.2 Å². The summed E-state index contributed by atoms with van der Waals surface area (Å²) < 4.78 is 68.9. The third-order valence-corrected chi connectivity index (χ3v) is 6.67. The van der Waals surface area contributed by atoms with Crippen LogP contribution in [0.25, 0.3) is 22.2 Å². The summed E-state index contributed by atoms with van der Waals surface area (Å²) in [6, 6.07) is 21.0. The molecule has 210 valence electrons. The van der Waals surface area contributed by atoms with E-state index in [0.717, 1.165) is 12.1 Å². The van der Waals surface area contributed by atoms with Gasteiger partial charge in [-0.15, -0.1) is 0 Å². The number of nitrogens with zero attached hydrogens (tertiary/aromatic N) is 2. The second-order valence-corrected chi connectivity index (χ2v) is 9.58. The number of rotatable bonds is 8. The molecule has 1 amide bonds. The number of benzene rings is 4. The average Bonchev–Trinajstić information content (AvgIpc) is 3.31. The molecule has 1 aromatic heterocycles. The fourth-order valence-corrected chi connectivity index (χ4v) is 4.68. The van der Waals surface area contributed by atoms with Crippen molar-refractivity contribution in [2.75, 3.05) is 7.11 Å². The summed E-state index contributed by atoms with van der Waals surface area (Å²) in [5, 5.41) is 4.72. The van der Waals surface area contributed by atoms with Crippen molar-refractivity contribution >= 4 is 28.4 Å². The van der Waals surface area contributed by atoms with Crippen molar-refractivity contribution in [3.05, 3.63) is 118 Å².